The highest BCUT2D eigenvalue weighted by molar-refractivity contribution is 5.25. The number of ether oxygens (including phenoxy) is 1. The average Bonchev–Trinajstić information content (AvgIpc) is 2.63. The van der Waals surface area contributed by atoms with Crippen molar-refractivity contribution in [1.82, 2.24) is 4.90 Å². The summed E-state index contributed by atoms with van der Waals surface area (Å²) in [5, 5.41) is 0. The van der Waals surface area contributed by atoms with Crippen LogP contribution in [0.1, 0.15) is 30.4 Å². The minimum Gasteiger partial charge on any atom is -0.494 e. The fourth-order valence-electron chi connectivity index (χ4n) is 3.53. The number of rotatable bonds is 7. The minimum atomic E-state index is 0.823. The Labute approximate surface area is 146 Å². The molecule has 0 N–H and O–H groups in total. The number of aryl methyl sites for hydroxylation is 1. The average molecular weight is 323 g/mol. The number of benzene rings is 2. The molecule has 0 aliphatic carbocycles. The third-order valence-electron chi connectivity index (χ3n) is 5.20. The van der Waals surface area contributed by atoms with Gasteiger partial charge >= 0.3 is 0 Å². The summed E-state index contributed by atoms with van der Waals surface area (Å²) < 4.78 is 5.84. The van der Waals surface area contributed by atoms with E-state index in [9.17, 15) is 0 Å². The van der Waals surface area contributed by atoms with E-state index in [1.807, 2.05) is 30.3 Å². The van der Waals surface area contributed by atoms with Gasteiger partial charge in [0, 0.05) is 6.54 Å². The molecule has 0 bridgehead atoms. The van der Waals surface area contributed by atoms with Gasteiger partial charge in [-0.2, -0.15) is 0 Å². The van der Waals surface area contributed by atoms with Crippen LogP contribution in [0.3, 0.4) is 0 Å². The predicted molar refractivity (Wildman–Crippen MR) is 101 cm³/mol. The van der Waals surface area contributed by atoms with Crippen LogP contribution in [-0.4, -0.2) is 31.1 Å². The zero-order chi connectivity index (χ0) is 16.6. The Hall–Kier alpha value is -1.80. The summed E-state index contributed by atoms with van der Waals surface area (Å²) in [5.41, 5.74) is 2.92. The largest absolute Gasteiger partial charge is 0.494 e. The smallest absolute Gasteiger partial charge is 0.119 e. The summed E-state index contributed by atoms with van der Waals surface area (Å²) >= 11 is 0. The molecule has 0 unspecified atom stereocenters. The monoisotopic (exact) mass is 323 g/mol. The molecule has 1 aliphatic rings. The van der Waals surface area contributed by atoms with Gasteiger partial charge in [-0.1, -0.05) is 42.5 Å². The Morgan fingerprint density at radius 3 is 2.42 bits per heavy atom. The van der Waals surface area contributed by atoms with Gasteiger partial charge in [0.2, 0.25) is 0 Å². The summed E-state index contributed by atoms with van der Waals surface area (Å²) in [4.78, 5) is 2.63. The first-order valence-electron chi connectivity index (χ1n) is 9.26. The van der Waals surface area contributed by atoms with Crippen LogP contribution in [0.2, 0.25) is 0 Å². The fourth-order valence-corrected chi connectivity index (χ4v) is 3.53. The topological polar surface area (TPSA) is 12.5 Å². The highest BCUT2D eigenvalue weighted by Crippen LogP contribution is 2.21. The zero-order valence-corrected chi connectivity index (χ0v) is 14.8. The van der Waals surface area contributed by atoms with Gasteiger partial charge in [-0.15, -0.1) is 0 Å². The lowest BCUT2D eigenvalue weighted by atomic mass is 9.93. The molecule has 2 aromatic carbocycles. The van der Waals surface area contributed by atoms with Gasteiger partial charge in [-0.25, -0.2) is 0 Å². The maximum Gasteiger partial charge on any atom is 0.119 e. The Kier molecular flexibility index (Phi) is 6.31. The van der Waals surface area contributed by atoms with Gasteiger partial charge in [0.25, 0.3) is 0 Å². The molecular formula is C22H29NO. The molecule has 2 nitrogen and oxygen atoms in total. The molecule has 1 fully saturated rings. The second-order valence-electron chi connectivity index (χ2n) is 6.91. The van der Waals surface area contributed by atoms with E-state index < -0.39 is 0 Å². The molecule has 0 amide bonds. The van der Waals surface area contributed by atoms with Gasteiger partial charge in [0.05, 0.1) is 6.61 Å². The standard InChI is InChI=1S/C22H29NO/c1-19-7-5-6-8-21(19)13-17-23-15-11-20(12-16-23)14-18-24-22-9-3-2-4-10-22/h2-10,20H,11-18H2,1H3. The number of piperidine rings is 1. The first-order chi connectivity index (χ1) is 11.8. The van der Waals surface area contributed by atoms with Crippen molar-refractivity contribution in [1.29, 1.82) is 0 Å². The number of hydrogen-bond donors (Lipinski definition) is 0. The van der Waals surface area contributed by atoms with Gasteiger partial charge < -0.3 is 9.64 Å². The molecule has 2 heteroatoms. The third-order valence-corrected chi connectivity index (χ3v) is 5.20. The van der Waals surface area contributed by atoms with Crippen LogP contribution in [0.5, 0.6) is 5.75 Å². The van der Waals surface area contributed by atoms with Gasteiger partial charge in [0.1, 0.15) is 5.75 Å². The van der Waals surface area contributed by atoms with E-state index in [0.29, 0.717) is 0 Å². The van der Waals surface area contributed by atoms with Crippen molar-refractivity contribution in [3.8, 4) is 5.75 Å². The summed E-state index contributed by atoms with van der Waals surface area (Å²) in [6, 6.07) is 18.9. The molecule has 0 saturated carbocycles. The summed E-state index contributed by atoms with van der Waals surface area (Å²) in [6.07, 6.45) is 4.98. The van der Waals surface area contributed by atoms with Crippen LogP contribution in [0.15, 0.2) is 54.6 Å². The van der Waals surface area contributed by atoms with Crippen molar-refractivity contribution in [2.75, 3.05) is 26.2 Å². The maximum atomic E-state index is 5.84. The first kappa shape index (κ1) is 17.0. The highest BCUT2D eigenvalue weighted by Gasteiger charge is 2.19. The molecule has 0 radical (unpaired) electrons. The van der Waals surface area contributed by atoms with Gasteiger partial charge in [-0.05, 0) is 74.9 Å². The van der Waals surface area contributed by atoms with Crippen LogP contribution in [0, 0.1) is 12.8 Å². The van der Waals surface area contributed by atoms with Crippen molar-refractivity contribution in [3.63, 3.8) is 0 Å². The molecule has 1 saturated heterocycles. The Morgan fingerprint density at radius 2 is 1.67 bits per heavy atom. The van der Waals surface area contributed by atoms with Crippen molar-refractivity contribution >= 4 is 0 Å². The normalized spacial score (nSPS) is 16.2. The van der Waals surface area contributed by atoms with Crippen LogP contribution < -0.4 is 4.74 Å². The minimum absolute atomic E-state index is 0.823. The molecule has 2 aromatic rings. The second kappa shape index (κ2) is 8.89. The van der Waals surface area contributed by atoms with E-state index in [0.717, 1.165) is 18.3 Å². The van der Waals surface area contributed by atoms with E-state index in [2.05, 4.69) is 36.1 Å². The molecule has 0 atom stereocenters. The predicted octanol–water partition coefficient (Wildman–Crippen LogP) is 4.72. The molecule has 1 heterocycles. The summed E-state index contributed by atoms with van der Waals surface area (Å²) in [7, 11) is 0. The molecule has 24 heavy (non-hydrogen) atoms. The lowest BCUT2D eigenvalue weighted by Gasteiger charge is -2.32. The first-order valence-corrected chi connectivity index (χ1v) is 9.26. The quantitative estimate of drug-likeness (QED) is 0.731. The van der Waals surface area contributed by atoms with Crippen molar-refractivity contribution in [3.05, 3.63) is 65.7 Å². The Balaban J connectivity index is 1.33. The highest BCUT2D eigenvalue weighted by atomic mass is 16.5. The summed E-state index contributed by atoms with van der Waals surface area (Å²) in [5.74, 6) is 1.82. The zero-order valence-electron chi connectivity index (χ0n) is 14.8. The van der Waals surface area contributed by atoms with E-state index in [1.165, 1.54) is 56.4 Å². The molecule has 1 aliphatic heterocycles. The van der Waals surface area contributed by atoms with Crippen LogP contribution in [0.4, 0.5) is 0 Å². The molecule has 128 valence electrons. The Morgan fingerprint density at radius 1 is 0.958 bits per heavy atom. The molecule has 0 spiro atoms. The van der Waals surface area contributed by atoms with E-state index in [4.69, 9.17) is 4.74 Å². The molecule has 3 rings (SSSR count). The van der Waals surface area contributed by atoms with Crippen LogP contribution in [-0.2, 0) is 6.42 Å². The molecule has 0 aromatic heterocycles. The summed E-state index contributed by atoms with van der Waals surface area (Å²) in [6.45, 7) is 6.73. The van der Waals surface area contributed by atoms with Crippen molar-refractivity contribution in [2.45, 2.75) is 32.6 Å². The van der Waals surface area contributed by atoms with E-state index >= 15 is 0 Å². The van der Waals surface area contributed by atoms with Crippen molar-refractivity contribution in [2.24, 2.45) is 5.92 Å². The number of likely N-dealkylation sites (tertiary alicyclic amines) is 1. The Bertz CT molecular complexity index is 602. The maximum absolute atomic E-state index is 5.84. The molecular weight excluding hydrogens is 294 g/mol. The number of hydrogen-bond acceptors (Lipinski definition) is 2. The van der Waals surface area contributed by atoms with Gasteiger partial charge in [-0.3, -0.25) is 0 Å². The SMILES string of the molecule is Cc1ccccc1CCN1CCC(CCOc2ccccc2)CC1. The number of para-hydroxylation sites is 1. The second-order valence-corrected chi connectivity index (χ2v) is 6.91. The fraction of sp³-hybridized carbons (Fsp3) is 0.455. The van der Waals surface area contributed by atoms with Crippen LogP contribution in [0.25, 0.3) is 0 Å². The third kappa shape index (κ3) is 5.10. The van der Waals surface area contributed by atoms with E-state index in [1.54, 1.807) is 0 Å². The number of nitrogens with zero attached hydrogens (tertiary/aromatic N) is 1. The lowest BCUT2D eigenvalue weighted by molar-refractivity contribution is 0.164. The van der Waals surface area contributed by atoms with Crippen LogP contribution >= 0.6 is 0 Å². The lowest BCUT2D eigenvalue weighted by Crippen LogP contribution is -2.35. The van der Waals surface area contributed by atoms with E-state index in [-0.39, 0.29) is 0 Å². The van der Waals surface area contributed by atoms with Crippen molar-refractivity contribution < 1.29 is 4.74 Å². The van der Waals surface area contributed by atoms with Gasteiger partial charge in [0.15, 0.2) is 0 Å².